The van der Waals surface area contributed by atoms with Crippen LogP contribution in [0.2, 0.25) is 0 Å². The molecule has 0 amide bonds. The van der Waals surface area contributed by atoms with Crippen molar-refractivity contribution in [2.24, 2.45) is 0 Å². The van der Waals surface area contributed by atoms with Gasteiger partial charge >= 0.3 is 0 Å². The molecule has 0 saturated heterocycles. The summed E-state index contributed by atoms with van der Waals surface area (Å²) in [5.74, 6) is 0.0465. The lowest BCUT2D eigenvalue weighted by Gasteiger charge is -2.09. The average molecular weight is 473 g/mol. The van der Waals surface area contributed by atoms with Crippen LogP contribution in [-0.4, -0.2) is 10.4 Å². The number of carbonyl (C=O) groups excluding carboxylic acids is 1. The maximum absolute atomic E-state index is 12.8. The minimum atomic E-state index is 0.0465. The minimum absolute atomic E-state index is 0.0465. The first kappa shape index (κ1) is 17.2. The summed E-state index contributed by atoms with van der Waals surface area (Å²) in [5.41, 5.74) is 4.80. The molecule has 4 aromatic carbocycles. The van der Waals surface area contributed by atoms with Gasteiger partial charge in [-0.25, -0.2) is 0 Å². The minimum Gasteiger partial charge on any atom is -0.309 e. The summed E-state index contributed by atoms with van der Waals surface area (Å²) in [7, 11) is 0. The smallest absolute Gasteiger partial charge is 0.193 e. The summed E-state index contributed by atoms with van der Waals surface area (Å²) < 4.78 is 3.37. The Hall–Kier alpha value is -2.92. The zero-order chi connectivity index (χ0) is 19.1. The number of rotatable bonds is 3. The van der Waals surface area contributed by atoms with Crippen molar-refractivity contribution in [2.75, 3.05) is 0 Å². The summed E-state index contributed by atoms with van der Waals surface area (Å²) >= 11 is 2.24. The highest BCUT2D eigenvalue weighted by Gasteiger charge is 2.13. The van der Waals surface area contributed by atoms with E-state index in [4.69, 9.17) is 0 Å². The first-order valence-corrected chi connectivity index (χ1v) is 10.2. The molecule has 1 heterocycles. The Labute approximate surface area is 176 Å². The van der Waals surface area contributed by atoms with Gasteiger partial charge in [0.1, 0.15) is 0 Å². The van der Waals surface area contributed by atoms with Gasteiger partial charge in [-0.1, -0.05) is 36.4 Å². The second-order valence-corrected chi connectivity index (χ2v) is 8.00. The van der Waals surface area contributed by atoms with E-state index in [1.54, 1.807) is 0 Å². The van der Waals surface area contributed by atoms with Gasteiger partial charge in [-0.15, -0.1) is 0 Å². The number of carbonyl (C=O) groups is 1. The molecule has 0 radical (unpaired) electrons. The average Bonchev–Trinajstić information content (AvgIpc) is 3.08. The Balaban J connectivity index is 1.61. The first-order valence-electron chi connectivity index (χ1n) is 9.11. The van der Waals surface area contributed by atoms with Crippen molar-refractivity contribution in [1.82, 2.24) is 4.57 Å². The number of nitrogens with zero attached hydrogens (tertiary/aromatic N) is 1. The molecule has 0 atom stereocenters. The number of aromatic nitrogens is 1. The molecule has 1 aromatic heterocycles. The van der Waals surface area contributed by atoms with E-state index in [2.05, 4.69) is 75.7 Å². The highest BCUT2D eigenvalue weighted by molar-refractivity contribution is 14.1. The fraction of sp³-hybridized carbons (Fsp3) is 0. The lowest BCUT2D eigenvalue weighted by molar-refractivity contribution is 0.103. The molecule has 0 saturated carbocycles. The molecule has 0 aliphatic heterocycles. The summed E-state index contributed by atoms with van der Waals surface area (Å²) in [6.07, 6.45) is 0. The molecule has 3 heteroatoms. The van der Waals surface area contributed by atoms with Gasteiger partial charge in [0.05, 0.1) is 11.0 Å². The van der Waals surface area contributed by atoms with Crippen LogP contribution in [0.25, 0.3) is 27.5 Å². The zero-order valence-corrected chi connectivity index (χ0v) is 17.1. The van der Waals surface area contributed by atoms with Crippen molar-refractivity contribution in [1.29, 1.82) is 0 Å². The predicted octanol–water partition coefficient (Wildman–Crippen LogP) is 6.62. The number of halogens is 1. The van der Waals surface area contributed by atoms with E-state index in [0.717, 1.165) is 9.26 Å². The Morgan fingerprint density at radius 2 is 1.07 bits per heavy atom. The van der Waals surface area contributed by atoms with Crippen LogP contribution < -0.4 is 0 Å². The van der Waals surface area contributed by atoms with Gasteiger partial charge in [0, 0.05) is 31.2 Å². The van der Waals surface area contributed by atoms with E-state index in [-0.39, 0.29) is 5.78 Å². The summed E-state index contributed by atoms with van der Waals surface area (Å²) in [4.78, 5) is 12.8. The van der Waals surface area contributed by atoms with E-state index >= 15 is 0 Å². The van der Waals surface area contributed by atoms with Gasteiger partial charge in [-0.2, -0.15) is 0 Å². The monoisotopic (exact) mass is 473 g/mol. The molecule has 28 heavy (non-hydrogen) atoms. The van der Waals surface area contributed by atoms with E-state index in [1.807, 2.05) is 48.5 Å². The number of hydrogen-bond acceptors (Lipinski definition) is 1. The number of fused-ring (bicyclic) bond motifs is 3. The van der Waals surface area contributed by atoms with E-state index in [0.29, 0.717) is 11.1 Å². The van der Waals surface area contributed by atoms with Crippen LogP contribution in [0, 0.1) is 3.57 Å². The highest BCUT2D eigenvalue weighted by atomic mass is 127. The molecule has 0 aliphatic rings. The Bertz CT molecular complexity index is 1260. The van der Waals surface area contributed by atoms with Crippen LogP contribution in [-0.2, 0) is 0 Å². The molecule has 0 unspecified atom stereocenters. The van der Waals surface area contributed by atoms with Crippen LogP contribution in [0.5, 0.6) is 0 Å². The highest BCUT2D eigenvalue weighted by Crippen LogP contribution is 2.31. The van der Waals surface area contributed by atoms with Crippen LogP contribution in [0.3, 0.4) is 0 Å². The van der Waals surface area contributed by atoms with E-state index in [9.17, 15) is 4.79 Å². The molecule has 0 fully saturated rings. The third-order valence-electron chi connectivity index (χ3n) is 5.07. The Morgan fingerprint density at radius 1 is 0.607 bits per heavy atom. The predicted molar refractivity (Wildman–Crippen MR) is 123 cm³/mol. The van der Waals surface area contributed by atoms with Crippen molar-refractivity contribution >= 4 is 50.2 Å². The van der Waals surface area contributed by atoms with Gasteiger partial charge in [0.15, 0.2) is 5.78 Å². The standard InChI is InChI=1S/C25H16INO/c26-19-13-9-17(10-14-19)25(28)18-11-15-20(16-12-18)27-23-7-3-1-5-21(23)22-6-2-4-8-24(22)27/h1-16H. The summed E-state index contributed by atoms with van der Waals surface area (Å²) in [6, 6.07) is 32.4. The maximum Gasteiger partial charge on any atom is 0.193 e. The molecule has 134 valence electrons. The van der Waals surface area contributed by atoms with Gasteiger partial charge in [-0.05, 0) is 83.3 Å². The molecule has 0 aliphatic carbocycles. The van der Waals surface area contributed by atoms with Crippen molar-refractivity contribution in [3.63, 3.8) is 0 Å². The van der Waals surface area contributed by atoms with Crippen molar-refractivity contribution in [3.8, 4) is 5.69 Å². The third-order valence-corrected chi connectivity index (χ3v) is 5.79. The molecule has 5 aromatic rings. The molecule has 5 rings (SSSR count). The van der Waals surface area contributed by atoms with Gasteiger partial charge in [0.25, 0.3) is 0 Å². The second kappa shape index (κ2) is 6.91. The molecular formula is C25H16INO. The molecule has 2 nitrogen and oxygen atoms in total. The molecule has 0 N–H and O–H groups in total. The topological polar surface area (TPSA) is 22.0 Å². The lowest BCUT2D eigenvalue weighted by atomic mass is 10.0. The van der Waals surface area contributed by atoms with Gasteiger partial charge < -0.3 is 4.57 Å². The van der Waals surface area contributed by atoms with Crippen LogP contribution >= 0.6 is 22.6 Å². The zero-order valence-electron chi connectivity index (χ0n) is 15.0. The van der Waals surface area contributed by atoms with Crippen LogP contribution in [0.4, 0.5) is 0 Å². The number of para-hydroxylation sites is 2. The fourth-order valence-corrected chi connectivity index (χ4v) is 4.09. The third kappa shape index (κ3) is 2.83. The van der Waals surface area contributed by atoms with Crippen molar-refractivity contribution in [2.45, 2.75) is 0 Å². The van der Waals surface area contributed by atoms with E-state index in [1.165, 1.54) is 21.8 Å². The quantitative estimate of drug-likeness (QED) is 0.213. The maximum atomic E-state index is 12.8. The largest absolute Gasteiger partial charge is 0.309 e. The van der Waals surface area contributed by atoms with Gasteiger partial charge in [-0.3, -0.25) is 4.79 Å². The number of benzene rings is 4. The van der Waals surface area contributed by atoms with Crippen LogP contribution in [0.15, 0.2) is 97.1 Å². The first-order chi connectivity index (χ1) is 13.7. The van der Waals surface area contributed by atoms with Crippen molar-refractivity contribution < 1.29 is 4.79 Å². The number of ketones is 1. The molecule has 0 bridgehead atoms. The normalized spacial score (nSPS) is 11.2. The number of hydrogen-bond donors (Lipinski definition) is 0. The Kier molecular flexibility index (Phi) is 4.24. The van der Waals surface area contributed by atoms with E-state index < -0.39 is 0 Å². The summed E-state index contributed by atoms with van der Waals surface area (Å²) in [5, 5.41) is 2.47. The molecular weight excluding hydrogens is 457 g/mol. The fourth-order valence-electron chi connectivity index (χ4n) is 3.73. The van der Waals surface area contributed by atoms with Crippen LogP contribution in [0.1, 0.15) is 15.9 Å². The lowest BCUT2D eigenvalue weighted by Crippen LogP contribution is -2.02. The van der Waals surface area contributed by atoms with Crippen molar-refractivity contribution in [3.05, 3.63) is 112 Å². The van der Waals surface area contributed by atoms with Gasteiger partial charge in [0.2, 0.25) is 0 Å². The SMILES string of the molecule is O=C(c1ccc(I)cc1)c1ccc(-n2c3ccccc3c3ccccc32)cc1. The second-order valence-electron chi connectivity index (χ2n) is 6.75. The Morgan fingerprint density at radius 3 is 1.61 bits per heavy atom. The summed E-state index contributed by atoms with van der Waals surface area (Å²) in [6.45, 7) is 0. The molecule has 0 spiro atoms.